The zero-order valence-corrected chi connectivity index (χ0v) is 16.9. The predicted molar refractivity (Wildman–Crippen MR) is 102 cm³/mol. The van der Waals surface area contributed by atoms with Crippen LogP contribution in [0.5, 0.6) is 5.75 Å². The Morgan fingerprint density at radius 3 is 2.62 bits per heavy atom. The molecule has 1 aliphatic heterocycles. The molecular weight excluding hydrogens is 353 g/mol. The van der Waals surface area contributed by atoms with Crippen molar-refractivity contribution in [2.24, 2.45) is 0 Å². The Morgan fingerprint density at radius 2 is 2.00 bits per heavy atom. The number of hydrogen-bond acceptors (Lipinski definition) is 5. The summed E-state index contributed by atoms with van der Waals surface area (Å²) in [5, 5.41) is 0.589. The molecule has 0 spiro atoms. The van der Waals surface area contributed by atoms with Gasteiger partial charge in [-0.3, -0.25) is 9.36 Å². The van der Waals surface area contributed by atoms with Crippen molar-refractivity contribution in [3.63, 3.8) is 0 Å². The van der Waals surface area contributed by atoms with E-state index in [1.54, 1.807) is 43.0 Å². The Bertz CT molecular complexity index is 619. The van der Waals surface area contributed by atoms with E-state index in [1.807, 2.05) is 0 Å². The maximum atomic E-state index is 14.0. The van der Waals surface area contributed by atoms with Gasteiger partial charge in [0, 0.05) is 6.54 Å². The molecule has 1 saturated heterocycles. The number of carbonyl (C=O) groups is 1. The minimum atomic E-state index is -3.35. The summed E-state index contributed by atoms with van der Waals surface area (Å²) in [5.74, 6) is 0.370. The molecule has 7 heteroatoms. The fourth-order valence-corrected chi connectivity index (χ4v) is 5.61. The van der Waals surface area contributed by atoms with Crippen LogP contribution in [0.25, 0.3) is 0 Å². The van der Waals surface area contributed by atoms with Gasteiger partial charge in [0.25, 0.3) is 0 Å². The van der Waals surface area contributed by atoms with Crippen molar-refractivity contribution in [1.29, 1.82) is 0 Å². The van der Waals surface area contributed by atoms with Crippen molar-refractivity contribution < 1.29 is 23.4 Å². The molecule has 146 valence electrons. The monoisotopic (exact) mass is 383 g/mol. The third kappa shape index (κ3) is 4.87. The van der Waals surface area contributed by atoms with Crippen LogP contribution in [-0.4, -0.2) is 43.5 Å². The van der Waals surface area contributed by atoms with Gasteiger partial charge in [0.1, 0.15) is 11.8 Å². The quantitative estimate of drug-likeness (QED) is 0.503. The molecule has 2 rings (SSSR count). The van der Waals surface area contributed by atoms with E-state index >= 15 is 0 Å². The van der Waals surface area contributed by atoms with Gasteiger partial charge in [-0.05, 0) is 50.5 Å². The Balaban J connectivity index is 2.40. The summed E-state index contributed by atoms with van der Waals surface area (Å²) >= 11 is 0. The van der Waals surface area contributed by atoms with Crippen molar-refractivity contribution in [2.45, 2.75) is 52.0 Å². The number of nitrogens with zero attached hydrogens (tertiary/aromatic N) is 1. The second-order valence-electron chi connectivity index (χ2n) is 6.33. The predicted octanol–water partition coefficient (Wildman–Crippen LogP) is 3.75. The molecule has 0 amide bonds. The number of esters is 1. The zero-order chi connectivity index (χ0) is 19.0. The number of rotatable bonds is 8. The molecule has 0 aromatic heterocycles. The Hall–Kier alpha value is -1.36. The average Bonchev–Trinajstić information content (AvgIpc) is 2.85. The summed E-state index contributed by atoms with van der Waals surface area (Å²) in [6, 6.07) is 6.51. The number of methoxy groups -OCH3 is 1. The minimum Gasteiger partial charge on any atom is -0.497 e. The highest BCUT2D eigenvalue weighted by Gasteiger charge is 2.42. The number of benzene rings is 1. The van der Waals surface area contributed by atoms with E-state index in [9.17, 15) is 9.36 Å². The van der Waals surface area contributed by atoms with Crippen LogP contribution >= 0.6 is 7.52 Å². The molecule has 0 saturated carbocycles. The van der Waals surface area contributed by atoms with Gasteiger partial charge >= 0.3 is 13.5 Å². The Labute approximate surface area is 156 Å². The molecule has 1 heterocycles. The van der Waals surface area contributed by atoms with E-state index in [-0.39, 0.29) is 5.97 Å². The number of carbonyl (C=O) groups excluding carboxylic acids is 1. The van der Waals surface area contributed by atoms with E-state index in [1.165, 1.54) is 0 Å². The summed E-state index contributed by atoms with van der Waals surface area (Å²) in [7, 11) is -1.76. The van der Waals surface area contributed by atoms with E-state index in [0.29, 0.717) is 37.2 Å². The topological polar surface area (TPSA) is 65.1 Å². The summed E-state index contributed by atoms with van der Waals surface area (Å²) < 4.78 is 32.1. The molecule has 2 atom stereocenters. The minimum absolute atomic E-state index is 0.309. The summed E-state index contributed by atoms with van der Waals surface area (Å²) in [6.07, 6.45) is 4.08. The second kappa shape index (κ2) is 10.1. The lowest BCUT2D eigenvalue weighted by Gasteiger charge is -2.34. The maximum absolute atomic E-state index is 14.0. The largest absolute Gasteiger partial charge is 0.497 e. The van der Waals surface area contributed by atoms with Crippen molar-refractivity contribution in [1.82, 2.24) is 4.67 Å². The van der Waals surface area contributed by atoms with Crippen molar-refractivity contribution in [3.8, 4) is 5.75 Å². The molecular formula is C19H30NO5P. The fourth-order valence-electron chi connectivity index (χ4n) is 3.13. The molecule has 1 fully saturated rings. The first kappa shape index (κ1) is 20.9. The molecule has 26 heavy (non-hydrogen) atoms. The first-order valence-electron chi connectivity index (χ1n) is 9.39. The first-order chi connectivity index (χ1) is 12.6. The molecule has 0 radical (unpaired) electrons. The first-order valence-corrected chi connectivity index (χ1v) is 11.0. The van der Waals surface area contributed by atoms with Gasteiger partial charge in [-0.15, -0.1) is 0 Å². The van der Waals surface area contributed by atoms with Crippen LogP contribution in [0.15, 0.2) is 24.3 Å². The number of hydrogen-bond donors (Lipinski definition) is 0. The van der Waals surface area contributed by atoms with Crippen molar-refractivity contribution >= 4 is 18.8 Å². The highest BCUT2D eigenvalue weighted by Crippen LogP contribution is 2.53. The van der Waals surface area contributed by atoms with Crippen molar-refractivity contribution in [2.75, 3.05) is 26.9 Å². The van der Waals surface area contributed by atoms with Gasteiger partial charge in [-0.25, -0.2) is 4.67 Å². The van der Waals surface area contributed by atoms with Gasteiger partial charge in [0.15, 0.2) is 0 Å². The normalized spacial score (nSPS) is 22.4. The van der Waals surface area contributed by atoms with Crippen LogP contribution in [0.4, 0.5) is 0 Å². The molecule has 1 aromatic rings. The van der Waals surface area contributed by atoms with Gasteiger partial charge in [0.05, 0.1) is 25.6 Å². The lowest BCUT2D eigenvalue weighted by molar-refractivity contribution is -0.148. The molecule has 6 nitrogen and oxygen atoms in total. The SMILES string of the molecule is CCCCC(C(=O)OCC)N1CCCCOP1(=O)c1ccc(OC)cc1. The molecule has 2 unspecified atom stereocenters. The van der Waals surface area contributed by atoms with Crippen LogP contribution in [0, 0.1) is 0 Å². The van der Waals surface area contributed by atoms with E-state index in [4.69, 9.17) is 14.0 Å². The van der Waals surface area contributed by atoms with Gasteiger partial charge in [-0.1, -0.05) is 19.8 Å². The van der Waals surface area contributed by atoms with Crippen LogP contribution < -0.4 is 10.0 Å². The third-order valence-corrected chi connectivity index (χ3v) is 7.17. The van der Waals surface area contributed by atoms with Crippen LogP contribution in [0.3, 0.4) is 0 Å². The summed E-state index contributed by atoms with van der Waals surface area (Å²) in [4.78, 5) is 12.6. The second-order valence-corrected chi connectivity index (χ2v) is 8.66. The molecule has 0 aliphatic carbocycles. The summed E-state index contributed by atoms with van der Waals surface area (Å²) in [6.45, 7) is 5.14. The summed E-state index contributed by atoms with van der Waals surface area (Å²) in [5.41, 5.74) is 0. The Morgan fingerprint density at radius 1 is 1.27 bits per heavy atom. The Kier molecular flexibility index (Phi) is 8.14. The lowest BCUT2D eigenvalue weighted by atomic mass is 10.1. The zero-order valence-electron chi connectivity index (χ0n) is 16.0. The van der Waals surface area contributed by atoms with E-state index < -0.39 is 13.6 Å². The van der Waals surface area contributed by atoms with E-state index in [2.05, 4.69) is 6.92 Å². The van der Waals surface area contributed by atoms with Gasteiger partial charge in [-0.2, -0.15) is 0 Å². The molecule has 0 N–H and O–H groups in total. The third-order valence-electron chi connectivity index (χ3n) is 4.53. The van der Waals surface area contributed by atoms with Crippen molar-refractivity contribution in [3.05, 3.63) is 24.3 Å². The van der Waals surface area contributed by atoms with Crippen LogP contribution in [0.2, 0.25) is 0 Å². The number of unbranched alkanes of at least 4 members (excludes halogenated alkanes) is 1. The maximum Gasteiger partial charge on any atom is 0.323 e. The van der Waals surface area contributed by atoms with Gasteiger partial charge in [0.2, 0.25) is 0 Å². The molecule has 0 bridgehead atoms. The number of ether oxygens (including phenoxy) is 2. The average molecular weight is 383 g/mol. The highest BCUT2D eigenvalue weighted by molar-refractivity contribution is 7.64. The smallest absolute Gasteiger partial charge is 0.323 e. The van der Waals surface area contributed by atoms with Crippen LogP contribution in [0.1, 0.15) is 46.0 Å². The fraction of sp³-hybridized carbons (Fsp3) is 0.632. The highest BCUT2D eigenvalue weighted by atomic mass is 31.2. The van der Waals surface area contributed by atoms with Gasteiger partial charge < -0.3 is 14.0 Å². The lowest BCUT2D eigenvalue weighted by Crippen LogP contribution is -2.42. The molecule has 1 aliphatic rings. The molecule has 1 aromatic carbocycles. The van der Waals surface area contributed by atoms with Crippen LogP contribution in [-0.2, 0) is 18.6 Å². The van der Waals surface area contributed by atoms with E-state index in [0.717, 1.165) is 25.7 Å². The standard InChI is InChI=1S/C19H30NO5P/c1-4-6-9-18(19(21)24-5-2)20-14-7-8-15-25-26(20,22)17-12-10-16(23-3)11-13-17/h10-13,18H,4-9,14-15H2,1-3H3.